The fraction of sp³-hybridized carbons (Fsp3) is 0.0952. The van der Waals surface area contributed by atoms with Crippen LogP contribution in [0, 0.1) is 0 Å². The minimum atomic E-state index is -0.0245. The molecule has 0 aromatic heterocycles. The quantitative estimate of drug-likeness (QED) is 0.455. The van der Waals surface area contributed by atoms with Gasteiger partial charge in [-0.05, 0) is 41.3 Å². The summed E-state index contributed by atoms with van der Waals surface area (Å²) in [5, 5.41) is 1.28. The molecule has 3 rings (SSSR count). The van der Waals surface area contributed by atoms with Crippen molar-refractivity contribution < 1.29 is 0 Å². The second-order valence-corrected chi connectivity index (χ2v) is 6.45. The molecule has 3 aromatic carbocycles. The van der Waals surface area contributed by atoms with Gasteiger partial charge in [-0.3, -0.25) is 4.99 Å². The summed E-state index contributed by atoms with van der Waals surface area (Å²) in [5.41, 5.74) is 4.44. The van der Waals surface area contributed by atoms with Crippen LogP contribution in [0.15, 0.2) is 77.8 Å². The smallest absolute Gasteiger partial charge is 0.0735 e. The summed E-state index contributed by atoms with van der Waals surface area (Å²) in [5.74, 6) is 0. The van der Waals surface area contributed by atoms with E-state index >= 15 is 0 Å². The molecule has 0 saturated heterocycles. The molecular formula is C21H17Cl2N. The summed E-state index contributed by atoms with van der Waals surface area (Å²) >= 11 is 12.2. The zero-order chi connectivity index (χ0) is 16.9. The molecule has 1 unspecified atom stereocenters. The van der Waals surface area contributed by atoms with E-state index in [0.29, 0.717) is 10.0 Å². The van der Waals surface area contributed by atoms with Crippen LogP contribution in [0.5, 0.6) is 0 Å². The third kappa shape index (κ3) is 4.05. The highest BCUT2D eigenvalue weighted by Crippen LogP contribution is 2.28. The van der Waals surface area contributed by atoms with Crippen molar-refractivity contribution in [3.63, 3.8) is 0 Å². The number of benzene rings is 3. The lowest BCUT2D eigenvalue weighted by Crippen LogP contribution is -1.92. The lowest BCUT2D eigenvalue weighted by molar-refractivity contribution is 0.825. The van der Waals surface area contributed by atoms with E-state index in [1.807, 2.05) is 43.5 Å². The molecule has 0 amide bonds. The summed E-state index contributed by atoms with van der Waals surface area (Å²) < 4.78 is 0. The normalized spacial score (nSPS) is 12.5. The minimum Gasteiger partial charge on any atom is -0.285 e. The van der Waals surface area contributed by atoms with Crippen molar-refractivity contribution >= 4 is 29.4 Å². The largest absolute Gasteiger partial charge is 0.285 e. The molecule has 1 nitrogen and oxygen atoms in total. The molecule has 0 spiro atoms. The van der Waals surface area contributed by atoms with Gasteiger partial charge in [0.1, 0.15) is 0 Å². The molecule has 24 heavy (non-hydrogen) atoms. The molecule has 0 aliphatic heterocycles. The first-order valence-corrected chi connectivity index (χ1v) is 8.53. The molecule has 1 atom stereocenters. The van der Waals surface area contributed by atoms with E-state index in [9.17, 15) is 0 Å². The molecule has 0 aliphatic rings. The Morgan fingerprint density at radius 1 is 0.833 bits per heavy atom. The maximum Gasteiger partial charge on any atom is 0.0735 e. The number of hydrogen-bond donors (Lipinski definition) is 0. The van der Waals surface area contributed by atoms with Gasteiger partial charge < -0.3 is 0 Å². The Labute approximate surface area is 152 Å². The van der Waals surface area contributed by atoms with Crippen LogP contribution in [-0.2, 0) is 0 Å². The van der Waals surface area contributed by atoms with Crippen molar-refractivity contribution in [1.82, 2.24) is 0 Å². The van der Waals surface area contributed by atoms with Crippen LogP contribution < -0.4 is 0 Å². The van der Waals surface area contributed by atoms with E-state index in [1.165, 1.54) is 11.1 Å². The predicted octanol–water partition coefficient (Wildman–Crippen LogP) is 6.84. The second-order valence-electron chi connectivity index (χ2n) is 5.61. The summed E-state index contributed by atoms with van der Waals surface area (Å²) in [6, 6.07) is 24.2. The molecule has 0 heterocycles. The van der Waals surface area contributed by atoms with Crippen molar-refractivity contribution in [3.05, 3.63) is 94.0 Å². The van der Waals surface area contributed by atoms with Crippen LogP contribution in [0.2, 0.25) is 10.0 Å². The first-order chi connectivity index (χ1) is 11.6. The minimum absolute atomic E-state index is 0.0245. The highest BCUT2D eigenvalue weighted by atomic mass is 35.5. The van der Waals surface area contributed by atoms with Gasteiger partial charge in [-0.2, -0.15) is 0 Å². The molecule has 0 radical (unpaired) electrons. The monoisotopic (exact) mass is 353 g/mol. The van der Waals surface area contributed by atoms with Crippen molar-refractivity contribution in [3.8, 4) is 11.1 Å². The number of aliphatic imine (C=N–C) groups is 1. The van der Waals surface area contributed by atoms with Crippen molar-refractivity contribution in [1.29, 1.82) is 0 Å². The van der Waals surface area contributed by atoms with Gasteiger partial charge in [0.15, 0.2) is 0 Å². The van der Waals surface area contributed by atoms with Crippen LogP contribution in [-0.4, -0.2) is 6.21 Å². The second kappa shape index (κ2) is 7.65. The lowest BCUT2D eigenvalue weighted by Gasteiger charge is -2.09. The van der Waals surface area contributed by atoms with Gasteiger partial charge >= 0.3 is 0 Å². The number of hydrogen-bond acceptors (Lipinski definition) is 1. The van der Waals surface area contributed by atoms with E-state index in [-0.39, 0.29) is 6.04 Å². The molecule has 120 valence electrons. The maximum absolute atomic E-state index is 6.24. The van der Waals surface area contributed by atoms with Crippen molar-refractivity contribution in [2.45, 2.75) is 13.0 Å². The zero-order valence-electron chi connectivity index (χ0n) is 13.3. The van der Waals surface area contributed by atoms with Gasteiger partial charge in [0.2, 0.25) is 0 Å². The Hall–Kier alpha value is -2.09. The Balaban J connectivity index is 1.74. The molecule has 0 N–H and O–H groups in total. The van der Waals surface area contributed by atoms with E-state index in [2.05, 4.69) is 41.4 Å². The van der Waals surface area contributed by atoms with Gasteiger partial charge in [-0.1, -0.05) is 83.9 Å². The topological polar surface area (TPSA) is 12.4 Å². The average Bonchev–Trinajstić information content (AvgIpc) is 2.61. The first-order valence-electron chi connectivity index (χ1n) is 7.77. The van der Waals surface area contributed by atoms with Gasteiger partial charge in [0, 0.05) is 16.3 Å². The molecule has 0 fully saturated rings. The molecule has 0 aliphatic carbocycles. The lowest BCUT2D eigenvalue weighted by atomic mass is 10.0. The van der Waals surface area contributed by atoms with Gasteiger partial charge in [0.05, 0.1) is 6.04 Å². The predicted molar refractivity (Wildman–Crippen MR) is 104 cm³/mol. The SMILES string of the molecule is CC(N=Cc1ccc(-c2ccccc2)cc1)c1ccc(Cl)cc1Cl. The van der Waals surface area contributed by atoms with Crippen molar-refractivity contribution in [2.24, 2.45) is 4.99 Å². The summed E-state index contributed by atoms with van der Waals surface area (Å²) in [4.78, 5) is 4.61. The number of rotatable bonds is 4. The van der Waals surface area contributed by atoms with Crippen LogP contribution >= 0.6 is 23.2 Å². The van der Waals surface area contributed by atoms with Crippen LogP contribution in [0.1, 0.15) is 24.1 Å². The van der Waals surface area contributed by atoms with Crippen LogP contribution in [0.25, 0.3) is 11.1 Å². The molecule has 0 saturated carbocycles. The summed E-state index contributed by atoms with van der Waals surface area (Å²) in [6.07, 6.45) is 1.88. The zero-order valence-corrected chi connectivity index (χ0v) is 14.8. The van der Waals surface area contributed by atoms with E-state index in [4.69, 9.17) is 23.2 Å². The first kappa shape index (κ1) is 16.8. The van der Waals surface area contributed by atoms with E-state index in [1.54, 1.807) is 6.07 Å². The van der Waals surface area contributed by atoms with Crippen LogP contribution in [0.4, 0.5) is 0 Å². The van der Waals surface area contributed by atoms with E-state index < -0.39 is 0 Å². The molecule has 3 aromatic rings. The number of nitrogens with zero attached hydrogens (tertiary/aromatic N) is 1. The van der Waals surface area contributed by atoms with E-state index in [0.717, 1.165) is 11.1 Å². The Bertz CT molecular complexity index is 839. The Kier molecular flexibility index (Phi) is 5.34. The fourth-order valence-corrected chi connectivity index (χ4v) is 3.08. The molecule has 0 bridgehead atoms. The van der Waals surface area contributed by atoms with Gasteiger partial charge in [0.25, 0.3) is 0 Å². The third-order valence-corrected chi connectivity index (χ3v) is 4.44. The number of halogens is 2. The summed E-state index contributed by atoms with van der Waals surface area (Å²) in [7, 11) is 0. The van der Waals surface area contributed by atoms with Crippen LogP contribution in [0.3, 0.4) is 0 Å². The fourth-order valence-electron chi connectivity index (χ4n) is 2.51. The van der Waals surface area contributed by atoms with Crippen molar-refractivity contribution in [2.75, 3.05) is 0 Å². The molecule has 3 heteroatoms. The van der Waals surface area contributed by atoms with Gasteiger partial charge in [-0.15, -0.1) is 0 Å². The Morgan fingerprint density at radius 3 is 2.17 bits per heavy atom. The highest BCUT2D eigenvalue weighted by Gasteiger charge is 2.08. The highest BCUT2D eigenvalue weighted by molar-refractivity contribution is 6.35. The summed E-state index contributed by atoms with van der Waals surface area (Å²) in [6.45, 7) is 2.02. The standard InChI is InChI=1S/C21H17Cl2N/c1-15(20-12-11-19(22)13-21(20)23)24-14-16-7-9-18(10-8-16)17-5-3-2-4-6-17/h2-15H,1H3. The third-order valence-electron chi connectivity index (χ3n) is 3.88. The molecular weight excluding hydrogens is 337 g/mol. The Morgan fingerprint density at radius 2 is 1.50 bits per heavy atom. The van der Waals surface area contributed by atoms with Gasteiger partial charge in [-0.25, -0.2) is 0 Å². The average molecular weight is 354 g/mol. The maximum atomic E-state index is 6.24.